The standard InChI is InChI=1S/C22H24N6/c1-3-26-19-7-5-4-6-17(19)24-22(26)13-27-15-8-9-18(27)16-12-23-21-10-14(2)25-28(21)20(16)11-15/h4-7,10,12,15,18H,3,8-9,11,13H2,1-2H3. The molecule has 4 aromatic rings. The molecule has 2 unspecified atom stereocenters. The van der Waals surface area contributed by atoms with Crippen molar-refractivity contribution < 1.29 is 0 Å². The van der Waals surface area contributed by atoms with Gasteiger partial charge in [0.15, 0.2) is 5.65 Å². The predicted molar refractivity (Wildman–Crippen MR) is 108 cm³/mol. The predicted octanol–water partition coefficient (Wildman–Crippen LogP) is 3.67. The summed E-state index contributed by atoms with van der Waals surface area (Å²) < 4.78 is 4.44. The molecule has 28 heavy (non-hydrogen) atoms. The lowest BCUT2D eigenvalue weighted by Crippen LogP contribution is -2.38. The minimum atomic E-state index is 0.417. The molecule has 0 saturated carbocycles. The zero-order valence-electron chi connectivity index (χ0n) is 16.3. The van der Waals surface area contributed by atoms with Crippen LogP contribution in [-0.2, 0) is 19.5 Å². The largest absolute Gasteiger partial charge is 0.327 e. The molecular formula is C22H24N6. The average Bonchev–Trinajstić information content (AvgIpc) is 3.33. The van der Waals surface area contributed by atoms with E-state index in [0.29, 0.717) is 12.1 Å². The number of para-hydroxylation sites is 2. The number of hydrogen-bond donors (Lipinski definition) is 0. The first-order chi connectivity index (χ1) is 13.7. The maximum Gasteiger partial charge on any atom is 0.155 e. The Balaban J connectivity index is 1.41. The number of benzene rings is 1. The van der Waals surface area contributed by atoms with E-state index in [9.17, 15) is 0 Å². The van der Waals surface area contributed by atoms with Crippen molar-refractivity contribution in [1.29, 1.82) is 0 Å². The first-order valence-electron chi connectivity index (χ1n) is 10.3. The third-order valence-corrected chi connectivity index (χ3v) is 6.54. The SMILES string of the molecule is CCn1c(CN2C3CCC2c2cnc4cc(C)nn4c2C3)nc2ccccc21. The van der Waals surface area contributed by atoms with Gasteiger partial charge in [0.25, 0.3) is 0 Å². The smallest absolute Gasteiger partial charge is 0.155 e. The van der Waals surface area contributed by atoms with Crippen LogP contribution >= 0.6 is 0 Å². The van der Waals surface area contributed by atoms with Crippen LogP contribution in [-0.4, -0.2) is 35.1 Å². The molecular weight excluding hydrogens is 348 g/mol. The molecule has 6 heteroatoms. The molecule has 3 aromatic heterocycles. The van der Waals surface area contributed by atoms with Crippen molar-refractivity contribution in [1.82, 2.24) is 29.0 Å². The Morgan fingerprint density at radius 3 is 2.96 bits per heavy atom. The second kappa shape index (κ2) is 5.88. The second-order valence-corrected chi connectivity index (χ2v) is 8.10. The number of rotatable bonds is 3. The van der Waals surface area contributed by atoms with Gasteiger partial charge in [-0.05, 0) is 38.8 Å². The molecule has 6 nitrogen and oxygen atoms in total. The Morgan fingerprint density at radius 2 is 2.07 bits per heavy atom. The van der Waals surface area contributed by atoms with E-state index in [1.165, 1.54) is 35.4 Å². The lowest BCUT2D eigenvalue weighted by molar-refractivity contribution is 0.159. The molecule has 0 spiro atoms. The normalized spacial score (nSPS) is 21.6. The van der Waals surface area contributed by atoms with Crippen LogP contribution in [0.25, 0.3) is 16.7 Å². The Morgan fingerprint density at radius 1 is 1.18 bits per heavy atom. The number of nitrogens with zero attached hydrogens (tertiary/aromatic N) is 6. The third kappa shape index (κ3) is 2.21. The summed E-state index contributed by atoms with van der Waals surface area (Å²) in [5, 5.41) is 4.71. The highest BCUT2D eigenvalue weighted by Crippen LogP contribution is 2.44. The van der Waals surface area contributed by atoms with Gasteiger partial charge in [0, 0.05) is 42.9 Å². The van der Waals surface area contributed by atoms with Crippen LogP contribution in [0.2, 0.25) is 0 Å². The minimum absolute atomic E-state index is 0.417. The highest BCUT2D eigenvalue weighted by atomic mass is 15.3. The van der Waals surface area contributed by atoms with E-state index in [2.05, 4.69) is 57.4 Å². The van der Waals surface area contributed by atoms with Gasteiger partial charge in [-0.1, -0.05) is 12.1 Å². The lowest BCUT2D eigenvalue weighted by Gasteiger charge is -2.35. The monoisotopic (exact) mass is 372 g/mol. The summed E-state index contributed by atoms with van der Waals surface area (Å²) in [4.78, 5) is 12.3. The summed E-state index contributed by atoms with van der Waals surface area (Å²) in [6, 6.07) is 11.5. The van der Waals surface area contributed by atoms with E-state index in [4.69, 9.17) is 15.1 Å². The molecule has 142 valence electrons. The molecule has 2 bridgehead atoms. The molecule has 0 radical (unpaired) electrons. The van der Waals surface area contributed by atoms with Gasteiger partial charge in [-0.25, -0.2) is 14.5 Å². The highest BCUT2D eigenvalue weighted by molar-refractivity contribution is 5.75. The number of aromatic nitrogens is 5. The molecule has 1 aromatic carbocycles. The summed E-state index contributed by atoms with van der Waals surface area (Å²) in [6.07, 6.45) is 5.55. The van der Waals surface area contributed by atoms with Gasteiger partial charge in [-0.3, -0.25) is 4.90 Å². The summed E-state index contributed by atoms with van der Waals surface area (Å²) in [7, 11) is 0. The second-order valence-electron chi connectivity index (χ2n) is 8.10. The average molecular weight is 372 g/mol. The third-order valence-electron chi connectivity index (χ3n) is 6.54. The minimum Gasteiger partial charge on any atom is -0.327 e. The molecule has 2 aliphatic heterocycles. The van der Waals surface area contributed by atoms with Crippen molar-refractivity contribution in [2.45, 2.75) is 58.3 Å². The van der Waals surface area contributed by atoms with Crippen molar-refractivity contribution in [2.75, 3.05) is 0 Å². The zero-order chi connectivity index (χ0) is 18.8. The molecule has 1 saturated heterocycles. The number of imidazole rings is 1. The Hall–Kier alpha value is -2.73. The van der Waals surface area contributed by atoms with Gasteiger partial charge >= 0.3 is 0 Å². The molecule has 2 atom stereocenters. The molecule has 5 heterocycles. The fraction of sp³-hybridized carbons (Fsp3) is 0.409. The number of hydrogen-bond acceptors (Lipinski definition) is 4. The van der Waals surface area contributed by atoms with Gasteiger partial charge in [-0.15, -0.1) is 0 Å². The fourth-order valence-corrected chi connectivity index (χ4v) is 5.31. The van der Waals surface area contributed by atoms with Crippen molar-refractivity contribution in [3.8, 4) is 0 Å². The fourth-order valence-electron chi connectivity index (χ4n) is 5.31. The molecule has 0 N–H and O–H groups in total. The van der Waals surface area contributed by atoms with Crippen molar-refractivity contribution in [2.24, 2.45) is 0 Å². The van der Waals surface area contributed by atoms with Crippen LogP contribution in [0.5, 0.6) is 0 Å². The number of aryl methyl sites for hydroxylation is 2. The molecule has 1 fully saturated rings. The van der Waals surface area contributed by atoms with Crippen LogP contribution in [0.15, 0.2) is 36.5 Å². The van der Waals surface area contributed by atoms with Gasteiger partial charge < -0.3 is 4.57 Å². The van der Waals surface area contributed by atoms with Crippen LogP contribution in [0.4, 0.5) is 0 Å². The molecule has 0 amide bonds. The van der Waals surface area contributed by atoms with Gasteiger partial charge in [0.2, 0.25) is 0 Å². The Labute approximate surface area is 163 Å². The molecule has 0 aliphatic carbocycles. The van der Waals surface area contributed by atoms with E-state index in [1.54, 1.807) is 0 Å². The van der Waals surface area contributed by atoms with Gasteiger partial charge in [-0.2, -0.15) is 5.10 Å². The van der Waals surface area contributed by atoms with Gasteiger partial charge in [0.05, 0.1) is 29.0 Å². The Kier molecular flexibility index (Phi) is 3.41. The molecule has 2 aliphatic rings. The summed E-state index contributed by atoms with van der Waals surface area (Å²) in [6.45, 7) is 6.09. The van der Waals surface area contributed by atoms with Crippen LogP contribution < -0.4 is 0 Å². The van der Waals surface area contributed by atoms with Crippen molar-refractivity contribution in [3.05, 3.63) is 59.3 Å². The summed E-state index contributed by atoms with van der Waals surface area (Å²) in [5.41, 5.74) is 7.04. The van der Waals surface area contributed by atoms with Gasteiger partial charge in [0.1, 0.15) is 5.82 Å². The maximum absolute atomic E-state index is 4.97. The topological polar surface area (TPSA) is 51.2 Å². The van der Waals surface area contributed by atoms with Crippen molar-refractivity contribution in [3.63, 3.8) is 0 Å². The quantitative estimate of drug-likeness (QED) is 0.551. The molecule has 6 rings (SSSR count). The zero-order valence-corrected chi connectivity index (χ0v) is 16.3. The first kappa shape index (κ1) is 16.2. The number of fused-ring (bicyclic) bond motifs is 7. The van der Waals surface area contributed by atoms with E-state index in [0.717, 1.165) is 36.4 Å². The van der Waals surface area contributed by atoms with Crippen LogP contribution in [0, 0.1) is 6.92 Å². The lowest BCUT2D eigenvalue weighted by atomic mass is 9.99. The van der Waals surface area contributed by atoms with Crippen LogP contribution in [0.3, 0.4) is 0 Å². The van der Waals surface area contributed by atoms with Crippen molar-refractivity contribution >= 4 is 16.7 Å². The first-order valence-corrected chi connectivity index (χ1v) is 10.3. The Bertz CT molecular complexity index is 1200. The maximum atomic E-state index is 4.97. The highest BCUT2D eigenvalue weighted by Gasteiger charge is 2.41. The van der Waals surface area contributed by atoms with E-state index >= 15 is 0 Å². The summed E-state index contributed by atoms with van der Waals surface area (Å²) in [5.74, 6) is 1.17. The summed E-state index contributed by atoms with van der Waals surface area (Å²) >= 11 is 0. The van der Waals surface area contributed by atoms with E-state index in [1.807, 2.05) is 6.92 Å². The van der Waals surface area contributed by atoms with Crippen LogP contribution in [0.1, 0.15) is 48.6 Å². The van der Waals surface area contributed by atoms with E-state index < -0.39 is 0 Å². The van der Waals surface area contributed by atoms with E-state index in [-0.39, 0.29) is 0 Å².